The normalized spacial score (nSPS) is 11.7. The number of amides is 1. The first-order valence-corrected chi connectivity index (χ1v) is 9.27. The van der Waals surface area contributed by atoms with Gasteiger partial charge < -0.3 is 19.1 Å². The fourth-order valence-electron chi connectivity index (χ4n) is 3.18. The standard InChI is InChI=1S/C21H17F3N4O3/c1-30-11-10-28-16-5-3-2-4-14(16)12-17(28)19(29)25-15-8-6-13(7-9-15)18-26-20(31-27-18)21(22,23)24/h2-9,12H,10-11H2,1H3,(H,25,29). The van der Waals surface area contributed by atoms with Crippen molar-refractivity contribution in [1.82, 2.24) is 14.7 Å². The Morgan fingerprint density at radius 3 is 2.58 bits per heavy atom. The summed E-state index contributed by atoms with van der Waals surface area (Å²) in [7, 11) is 1.59. The van der Waals surface area contributed by atoms with Gasteiger partial charge in [-0.2, -0.15) is 18.2 Å². The average molecular weight is 430 g/mol. The quantitative estimate of drug-likeness (QED) is 0.483. The third kappa shape index (κ3) is 4.29. The number of fused-ring (bicyclic) bond motifs is 1. The van der Waals surface area contributed by atoms with Crippen molar-refractivity contribution in [2.45, 2.75) is 12.7 Å². The van der Waals surface area contributed by atoms with Gasteiger partial charge in [-0.05, 0) is 36.4 Å². The van der Waals surface area contributed by atoms with Crippen molar-refractivity contribution >= 4 is 22.5 Å². The van der Waals surface area contributed by atoms with Crippen LogP contribution in [0.3, 0.4) is 0 Å². The first kappa shape index (κ1) is 20.6. The number of benzene rings is 2. The molecule has 0 saturated carbocycles. The first-order chi connectivity index (χ1) is 14.9. The molecule has 4 rings (SSSR count). The van der Waals surface area contributed by atoms with Gasteiger partial charge in [0.1, 0.15) is 5.69 Å². The van der Waals surface area contributed by atoms with Gasteiger partial charge in [0.05, 0.1) is 6.61 Å². The van der Waals surface area contributed by atoms with E-state index in [1.165, 1.54) is 12.1 Å². The lowest BCUT2D eigenvalue weighted by Crippen LogP contribution is -2.18. The molecule has 0 aliphatic heterocycles. The van der Waals surface area contributed by atoms with Gasteiger partial charge in [-0.15, -0.1) is 0 Å². The number of halogens is 3. The Morgan fingerprint density at radius 2 is 1.90 bits per heavy atom. The molecule has 0 spiro atoms. The van der Waals surface area contributed by atoms with Gasteiger partial charge in [0, 0.05) is 35.8 Å². The Morgan fingerprint density at radius 1 is 1.16 bits per heavy atom. The molecule has 1 amide bonds. The fraction of sp³-hybridized carbons (Fsp3) is 0.190. The Balaban J connectivity index is 1.55. The average Bonchev–Trinajstić information content (AvgIpc) is 3.38. The van der Waals surface area contributed by atoms with Crippen molar-refractivity contribution in [2.24, 2.45) is 0 Å². The van der Waals surface area contributed by atoms with Crippen LogP contribution in [0, 0.1) is 0 Å². The summed E-state index contributed by atoms with van der Waals surface area (Å²) in [6.45, 7) is 0.948. The molecular weight excluding hydrogens is 413 g/mol. The summed E-state index contributed by atoms with van der Waals surface area (Å²) in [5.74, 6) is -1.92. The molecule has 0 unspecified atom stereocenters. The van der Waals surface area contributed by atoms with E-state index in [1.807, 2.05) is 28.8 Å². The topological polar surface area (TPSA) is 82.2 Å². The molecule has 0 saturated heterocycles. The Hall–Kier alpha value is -3.66. The summed E-state index contributed by atoms with van der Waals surface area (Å²) in [5, 5.41) is 7.07. The highest BCUT2D eigenvalue weighted by Gasteiger charge is 2.38. The summed E-state index contributed by atoms with van der Waals surface area (Å²) in [6.07, 6.45) is -4.71. The molecule has 2 heterocycles. The molecule has 7 nitrogen and oxygen atoms in total. The molecule has 0 radical (unpaired) electrons. The molecule has 0 atom stereocenters. The SMILES string of the molecule is COCCn1c(C(=O)Nc2ccc(-c3noc(C(F)(F)F)n3)cc2)cc2ccccc21. The molecule has 1 N–H and O–H groups in total. The van der Waals surface area contributed by atoms with Gasteiger partial charge in [0.15, 0.2) is 0 Å². The third-order valence-corrected chi connectivity index (χ3v) is 4.63. The maximum Gasteiger partial charge on any atom is 0.471 e. The van der Waals surface area contributed by atoms with E-state index < -0.39 is 12.1 Å². The number of aromatic nitrogens is 3. The number of nitrogens with one attached hydrogen (secondary N) is 1. The predicted molar refractivity (Wildman–Crippen MR) is 107 cm³/mol. The van der Waals surface area contributed by atoms with E-state index in [4.69, 9.17) is 4.74 Å². The van der Waals surface area contributed by atoms with E-state index in [2.05, 4.69) is 20.0 Å². The van der Waals surface area contributed by atoms with Crippen LogP contribution in [0.15, 0.2) is 59.1 Å². The van der Waals surface area contributed by atoms with Crippen LogP contribution in [0.4, 0.5) is 18.9 Å². The van der Waals surface area contributed by atoms with Crippen LogP contribution < -0.4 is 5.32 Å². The monoisotopic (exact) mass is 430 g/mol. The van der Waals surface area contributed by atoms with Crippen LogP contribution in [0.2, 0.25) is 0 Å². The number of carbonyl (C=O) groups is 1. The number of methoxy groups -OCH3 is 1. The van der Waals surface area contributed by atoms with Gasteiger partial charge >= 0.3 is 12.1 Å². The van der Waals surface area contributed by atoms with Crippen molar-refractivity contribution in [3.63, 3.8) is 0 Å². The minimum atomic E-state index is -4.71. The Labute approximate surface area is 174 Å². The number of anilines is 1. The molecule has 0 bridgehead atoms. The van der Waals surface area contributed by atoms with Crippen LogP contribution >= 0.6 is 0 Å². The summed E-state index contributed by atoms with van der Waals surface area (Å²) in [6, 6.07) is 15.5. The van der Waals surface area contributed by atoms with Crippen molar-refractivity contribution < 1.29 is 27.2 Å². The smallest absolute Gasteiger partial charge is 0.383 e. The Kier molecular flexibility index (Phi) is 5.47. The molecule has 160 valence electrons. The third-order valence-electron chi connectivity index (χ3n) is 4.63. The maximum absolute atomic E-state index is 12.9. The predicted octanol–water partition coefficient (Wildman–Crippen LogP) is 4.61. The number of alkyl halides is 3. The molecule has 0 fully saturated rings. The molecule has 2 aromatic carbocycles. The largest absolute Gasteiger partial charge is 0.471 e. The maximum atomic E-state index is 12.9. The van der Waals surface area contributed by atoms with Gasteiger partial charge in [0.25, 0.3) is 5.91 Å². The highest BCUT2D eigenvalue weighted by Crippen LogP contribution is 2.29. The molecule has 10 heteroatoms. The van der Waals surface area contributed by atoms with Crippen LogP contribution in [0.1, 0.15) is 16.4 Å². The zero-order valence-corrected chi connectivity index (χ0v) is 16.3. The van der Waals surface area contributed by atoms with E-state index >= 15 is 0 Å². The van der Waals surface area contributed by atoms with E-state index in [1.54, 1.807) is 25.3 Å². The van der Waals surface area contributed by atoms with Gasteiger partial charge in [-0.1, -0.05) is 23.4 Å². The number of carbonyl (C=O) groups excluding carboxylic acids is 1. The lowest BCUT2D eigenvalue weighted by atomic mass is 10.2. The summed E-state index contributed by atoms with van der Waals surface area (Å²) in [5.41, 5.74) is 2.18. The highest BCUT2D eigenvalue weighted by atomic mass is 19.4. The van der Waals surface area contributed by atoms with E-state index in [9.17, 15) is 18.0 Å². The minimum absolute atomic E-state index is 0.190. The van der Waals surface area contributed by atoms with Gasteiger partial charge in [0.2, 0.25) is 5.82 Å². The lowest BCUT2D eigenvalue weighted by Gasteiger charge is -2.11. The zero-order chi connectivity index (χ0) is 22.0. The minimum Gasteiger partial charge on any atom is -0.383 e. The van der Waals surface area contributed by atoms with Crippen LogP contribution in [-0.4, -0.2) is 34.3 Å². The van der Waals surface area contributed by atoms with Crippen molar-refractivity contribution in [3.8, 4) is 11.4 Å². The number of rotatable bonds is 6. The second kappa shape index (κ2) is 8.23. The van der Waals surface area contributed by atoms with Gasteiger partial charge in [-0.3, -0.25) is 4.79 Å². The molecule has 0 aliphatic rings. The fourth-order valence-corrected chi connectivity index (χ4v) is 3.18. The van der Waals surface area contributed by atoms with Crippen LogP contribution in [-0.2, 0) is 17.5 Å². The second-order valence-corrected chi connectivity index (χ2v) is 6.69. The highest BCUT2D eigenvalue weighted by molar-refractivity contribution is 6.06. The number of nitrogens with zero attached hydrogens (tertiary/aromatic N) is 3. The molecule has 0 aliphatic carbocycles. The van der Waals surface area contributed by atoms with E-state index in [0.29, 0.717) is 30.1 Å². The number of hydrogen-bond acceptors (Lipinski definition) is 5. The Bertz CT molecular complexity index is 1210. The first-order valence-electron chi connectivity index (χ1n) is 9.27. The zero-order valence-electron chi connectivity index (χ0n) is 16.3. The molecule has 2 aromatic heterocycles. The summed E-state index contributed by atoms with van der Waals surface area (Å²) >= 11 is 0. The van der Waals surface area contributed by atoms with Crippen LogP contribution in [0.5, 0.6) is 0 Å². The number of hydrogen-bond donors (Lipinski definition) is 1. The number of para-hydroxylation sites is 1. The molecule has 4 aromatic rings. The van der Waals surface area contributed by atoms with Crippen molar-refractivity contribution in [3.05, 3.63) is 66.2 Å². The van der Waals surface area contributed by atoms with Crippen molar-refractivity contribution in [1.29, 1.82) is 0 Å². The second-order valence-electron chi connectivity index (χ2n) is 6.69. The van der Waals surface area contributed by atoms with Crippen LogP contribution in [0.25, 0.3) is 22.3 Å². The van der Waals surface area contributed by atoms with Crippen molar-refractivity contribution in [2.75, 3.05) is 19.0 Å². The lowest BCUT2D eigenvalue weighted by molar-refractivity contribution is -0.159. The number of ether oxygens (including phenoxy) is 1. The van der Waals surface area contributed by atoms with E-state index in [0.717, 1.165) is 10.9 Å². The van der Waals surface area contributed by atoms with Gasteiger partial charge in [-0.25, -0.2) is 0 Å². The summed E-state index contributed by atoms with van der Waals surface area (Å²) in [4.78, 5) is 16.2. The molecular formula is C21H17F3N4O3. The summed E-state index contributed by atoms with van der Waals surface area (Å²) < 4.78 is 49.1. The molecule has 31 heavy (non-hydrogen) atoms. The van der Waals surface area contributed by atoms with E-state index in [-0.39, 0.29) is 11.7 Å².